The smallest absolute Gasteiger partial charge is 0.123 e. The Morgan fingerprint density at radius 1 is 1.00 bits per heavy atom. The minimum absolute atomic E-state index is 0. The Morgan fingerprint density at radius 2 is 1.79 bits per heavy atom. The molecule has 0 aliphatic carbocycles. The summed E-state index contributed by atoms with van der Waals surface area (Å²) < 4.78 is 23.8. The monoisotopic (exact) mass is 355 g/mol. The van der Waals surface area contributed by atoms with E-state index in [0.717, 1.165) is 30.0 Å². The first-order valence-electron chi connectivity index (χ1n) is 7.63. The average molecular weight is 356 g/mol. The second kappa shape index (κ2) is 11.8. The molecular formula is C18H23ClFNO3. The van der Waals surface area contributed by atoms with Crippen LogP contribution in [0.3, 0.4) is 0 Å². The van der Waals surface area contributed by atoms with Gasteiger partial charge in [0.1, 0.15) is 18.2 Å². The number of ether oxygens (including phenoxy) is 2. The van der Waals surface area contributed by atoms with E-state index in [9.17, 15) is 4.39 Å². The summed E-state index contributed by atoms with van der Waals surface area (Å²) >= 11 is 0. The molecular weight excluding hydrogens is 333 g/mol. The van der Waals surface area contributed by atoms with Crippen LogP contribution in [-0.4, -0.2) is 31.5 Å². The number of hydrogen-bond acceptors (Lipinski definition) is 4. The zero-order chi connectivity index (χ0) is 16.3. The third-order valence-electron chi connectivity index (χ3n) is 3.21. The first kappa shape index (κ1) is 20.4. The van der Waals surface area contributed by atoms with Crippen LogP contribution < -0.4 is 10.1 Å². The minimum atomic E-state index is -0.246. The van der Waals surface area contributed by atoms with E-state index < -0.39 is 0 Å². The highest BCUT2D eigenvalue weighted by Gasteiger charge is 1.99. The molecule has 0 unspecified atom stereocenters. The van der Waals surface area contributed by atoms with Gasteiger partial charge in [-0.1, -0.05) is 24.3 Å². The maximum absolute atomic E-state index is 12.9. The molecule has 2 aromatic rings. The Balaban J connectivity index is 0.00000288. The molecule has 6 heteroatoms. The van der Waals surface area contributed by atoms with E-state index >= 15 is 0 Å². The number of benzene rings is 2. The molecule has 4 nitrogen and oxygen atoms in total. The highest BCUT2D eigenvalue weighted by atomic mass is 35.5. The van der Waals surface area contributed by atoms with Gasteiger partial charge in [-0.2, -0.15) is 0 Å². The Labute approximate surface area is 148 Å². The quantitative estimate of drug-likeness (QED) is 0.643. The molecule has 0 aliphatic heterocycles. The molecule has 0 atom stereocenters. The van der Waals surface area contributed by atoms with E-state index in [-0.39, 0.29) is 24.8 Å². The lowest BCUT2D eigenvalue weighted by atomic mass is 10.2. The summed E-state index contributed by atoms with van der Waals surface area (Å²) in [6.07, 6.45) is 0. The van der Waals surface area contributed by atoms with Crippen LogP contribution in [0, 0.1) is 5.82 Å². The number of hydrogen-bond donors (Lipinski definition) is 2. The Kier molecular flexibility index (Phi) is 10.0. The van der Waals surface area contributed by atoms with Crippen LogP contribution in [0.1, 0.15) is 11.1 Å². The first-order chi connectivity index (χ1) is 11.3. The molecule has 0 amide bonds. The topological polar surface area (TPSA) is 50.7 Å². The largest absolute Gasteiger partial charge is 0.489 e. The van der Waals surface area contributed by atoms with E-state index in [2.05, 4.69) is 5.32 Å². The number of nitrogens with one attached hydrogen (secondary N) is 1. The third-order valence-corrected chi connectivity index (χ3v) is 3.21. The van der Waals surface area contributed by atoms with Gasteiger partial charge in [0.25, 0.3) is 0 Å². The molecule has 0 radical (unpaired) electrons. The van der Waals surface area contributed by atoms with Crippen molar-refractivity contribution in [2.24, 2.45) is 0 Å². The van der Waals surface area contributed by atoms with Gasteiger partial charge < -0.3 is 19.9 Å². The van der Waals surface area contributed by atoms with Crippen molar-refractivity contribution in [1.82, 2.24) is 5.32 Å². The van der Waals surface area contributed by atoms with Crippen molar-refractivity contribution in [3.63, 3.8) is 0 Å². The van der Waals surface area contributed by atoms with E-state index in [4.69, 9.17) is 14.6 Å². The predicted molar refractivity (Wildman–Crippen MR) is 94.0 cm³/mol. The summed E-state index contributed by atoms with van der Waals surface area (Å²) in [4.78, 5) is 0. The maximum Gasteiger partial charge on any atom is 0.123 e. The first-order valence-corrected chi connectivity index (χ1v) is 7.63. The van der Waals surface area contributed by atoms with E-state index in [0.29, 0.717) is 19.8 Å². The van der Waals surface area contributed by atoms with Crippen molar-refractivity contribution < 1.29 is 19.0 Å². The fraction of sp³-hybridized carbons (Fsp3) is 0.333. The second-order valence-corrected chi connectivity index (χ2v) is 5.08. The molecule has 2 rings (SSSR count). The normalized spacial score (nSPS) is 10.2. The lowest BCUT2D eigenvalue weighted by molar-refractivity contribution is 0.0938. The Hall–Kier alpha value is -1.66. The summed E-state index contributed by atoms with van der Waals surface area (Å²) in [5.74, 6) is 0.537. The predicted octanol–water partition coefficient (Wildman–Crippen LogP) is 2.93. The summed E-state index contributed by atoms with van der Waals surface area (Å²) in [6.45, 7) is 2.84. The van der Waals surface area contributed by atoms with Gasteiger partial charge in [0, 0.05) is 13.1 Å². The molecule has 0 saturated carbocycles. The van der Waals surface area contributed by atoms with Crippen LogP contribution in [0.4, 0.5) is 4.39 Å². The standard InChI is InChI=1S/C18H22FNO3.ClH/c19-17-6-4-15(5-7-17)14-23-18-3-1-2-16(12-18)13-20-8-10-22-11-9-21;/h1-7,12,20-21H,8-11,13-14H2;1H. The van der Waals surface area contributed by atoms with Gasteiger partial charge in [-0.25, -0.2) is 4.39 Å². The summed E-state index contributed by atoms with van der Waals surface area (Å²) in [5.41, 5.74) is 2.04. The summed E-state index contributed by atoms with van der Waals surface area (Å²) in [6, 6.07) is 14.1. The molecule has 0 bridgehead atoms. The Bertz CT molecular complexity index is 581. The average Bonchev–Trinajstić information content (AvgIpc) is 2.58. The summed E-state index contributed by atoms with van der Waals surface area (Å²) in [7, 11) is 0. The molecule has 132 valence electrons. The molecule has 0 aliphatic rings. The SMILES string of the molecule is Cl.OCCOCCNCc1cccc(OCc2ccc(F)cc2)c1. The van der Waals surface area contributed by atoms with Crippen molar-refractivity contribution in [3.8, 4) is 5.75 Å². The van der Waals surface area contributed by atoms with Crippen molar-refractivity contribution in [2.45, 2.75) is 13.2 Å². The zero-order valence-corrected chi connectivity index (χ0v) is 14.2. The minimum Gasteiger partial charge on any atom is -0.489 e. The zero-order valence-electron chi connectivity index (χ0n) is 13.4. The summed E-state index contributed by atoms with van der Waals surface area (Å²) in [5, 5.41) is 11.9. The van der Waals surface area contributed by atoms with Gasteiger partial charge in [-0.3, -0.25) is 0 Å². The molecule has 0 heterocycles. The van der Waals surface area contributed by atoms with E-state index in [1.54, 1.807) is 12.1 Å². The number of halogens is 2. The highest BCUT2D eigenvalue weighted by molar-refractivity contribution is 5.85. The van der Waals surface area contributed by atoms with Gasteiger partial charge in [0.15, 0.2) is 0 Å². The van der Waals surface area contributed by atoms with Crippen molar-refractivity contribution in [3.05, 3.63) is 65.5 Å². The molecule has 0 spiro atoms. The highest BCUT2D eigenvalue weighted by Crippen LogP contribution is 2.15. The van der Waals surface area contributed by atoms with Crippen LogP contribution in [0.25, 0.3) is 0 Å². The van der Waals surface area contributed by atoms with Crippen molar-refractivity contribution in [1.29, 1.82) is 0 Å². The van der Waals surface area contributed by atoms with Gasteiger partial charge in [-0.05, 0) is 35.4 Å². The van der Waals surface area contributed by atoms with Crippen LogP contribution >= 0.6 is 12.4 Å². The lowest BCUT2D eigenvalue weighted by Gasteiger charge is -2.09. The van der Waals surface area contributed by atoms with E-state index in [1.165, 1.54) is 12.1 Å². The van der Waals surface area contributed by atoms with Crippen molar-refractivity contribution >= 4 is 12.4 Å². The molecule has 2 aromatic carbocycles. The third kappa shape index (κ3) is 7.75. The Morgan fingerprint density at radius 3 is 2.54 bits per heavy atom. The van der Waals surface area contributed by atoms with Gasteiger partial charge in [0.2, 0.25) is 0 Å². The molecule has 0 fully saturated rings. The van der Waals surface area contributed by atoms with Crippen molar-refractivity contribution in [2.75, 3.05) is 26.4 Å². The number of aliphatic hydroxyl groups excluding tert-OH is 1. The van der Waals surface area contributed by atoms with Crippen LogP contribution in [0.5, 0.6) is 5.75 Å². The molecule has 2 N–H and O–H groups in total. The fourth-order valence-electron chi connectivity index (χ4n) is 2.04. The van der Waals surface area contributed by atoms with Crippen LogP contribution in [-0.2, 0) is 17.9 Å². The molecule has 0 aromatic heterocycles. The van der Waals surface area contributed by atoms with Crippen LogP contribution in [0.15, 0.2) is 48.5 Å². The molecule has 24 heavy (non-hydrogen) atoms. The van der Waals surface area contributed by atoms with Gasteiger partial charge in [0.05, 0.1) is 19.8 Å². The van der Waals surface area contributed by atoms with E-state index in [1.807, 2.05) is 24.3 Å². The molecule has 0 saturated heterocycles. The number of aliphatic hydroxyl groups is 1. The maximum atomic E-state index is 12.9. The van der Waals surface area contributed by atoms with Gasteiger partial charge in [-0.15, -0.1) is 12.4 Å². The van der Waals surface area contributed by atoms with Gasteiger partial charge >= 0.3 is 0 Å². The number of rotatable bonds is 10. The van der Waals surface area contributed by atoms with Crippen LogP contribution in [0.2, 0.25) is 0 Å². The fourth-order valence-corrected chi connectivity index (χ4v) is 2.04. The lowest BCUT2D eigenvalue weighted by Crippen LogP contribution is -2.20. The second-order valence-electron chi connectivity index (χ2n) is 5.08.